The molecular weight excluding hydrogens is 452 g/mol. The maximum absolute atomic E-state index is 12.8. The fourth-order valence-electron chi connectivity index (χ4n) is 3.29. The average Bonchev–Trinajstić information content (AvgIpc) is 3.46. The van der Waals surface area contributed by atoms with Crippen molar-refractivity contribution < 1.29 is 13.2 Å². The number of benzene rings is 2. The molecule has 4 rings (SSSR count). The Bertz CT molecular complexity index is 1170. The Morgan fingerprint density at radius 1 is 1.13 bits per heavy atom. The number of nitrogens with zero attached hydrogens (tertiary/aromatic N) is 3. The summed E-state index contributed by atoms with van der Waals surface area (Å²) < 4.78 is 27.9. The fraction of sp³-hybridized carbons (Fsp3) is 0.286. The molecule has 2 heterocycles. The predicted octanol–water partition coefficient (Wildman–Crippen LogP) is 4.18. The van der Waals surface area contributed by atoms with Gasteiger partial charge in [0.2, 0.25) is 15.2 Å². The summed E-state index contributed by atoms with van der Waals surface area (Å²) in [5, 5.41) is 11.3. The topological polar surface area (TPSA) is 92.3 Å². The first-order chi connectivity index (χ1) is 14.9. The van der Waals surface area contributed by atoms with Crippen LogP contribution in [0.2, 0.25) is 0 Å². The van der Waals surface area contributed by atoms with Crippen LogP contribution >= 0.6 is 23.1 Å². The lowest BCUT2D eigenvalue weighted by Crippen LogP contribution is -2.28. The molecule has 7 nitrogen and oxygen atoms in total. The number of carbonyl (C=O) groups excluding carboxylic acids is 1. The third kappa shape index (κ3) is 5.15. The van der Waals surface area contributed by atoms with Gasteiger partial charge in [-0.2, -0.15) is 4.31 Å². The molecule has 10 heteroatoms. The standard InChI is InChI=1S/C21H22N4O3S3/c1-15-9-10-17(31(27,28)25-11-5-6-12-25)13-18(15)19(26)22-20-23-24-21(30-20)29-14-16-7-3-2-4-8-16/h2-4,7-10,13H,5-6,11-12,14H2,1H3,(H,22,23,26). The number of aryl methyl sites for hydroxylation is 1. The summed E-state index contributed by atoms with van der Waals surface area (Å²) in [6.45, 7) is 2.82. The number of sulfonamides is 1. The van der Waals surface area contributed by atoms with Crippen LogP contribution in [0.4, 0.5) is 5.13 Å². The summed E-state index contributed by atoms with van der Waals surface area (Å²) in [6.07, 6.45) is 1.72. The van der Waals surface area contributed by atoms with Crippen LogP contribution in [-0.4, -0.2) is 41.9 Å². The molecule has 1 aliphatic rings. The number of aromatic nitrogens is 2. The summed E-state index contributed by atoms with van der Waals surface area (Å²) in [7, 11) is -3.59. The molecule has 0 spiro atoms. The highest BCUT2D eigenvalue weighted by Crippen LogP contribution is 2.29. The molecule has 0 aliphatic carbocycles. The minimum atomic E-state index is -3.59. The molecule has 0 bridgehead atoms. The lowest BCUT2D eigenvalue weighted by Gasteiger charge is -2.16. The highest BCUT2D eigenvalue weighted by molar-refractivity contribution is 8.00. The molecule has 1 aliphatic heterocycles. The van der Waals surface area contributed by atoms with Gasteiger partial charge in [0.1, 0.15) is 0 Å². The number of amides is 1. The minimum absolute atomic E-state index is 0.140. The van der Waals surface area contributed by atoms with E-state index in [4.69, 9.17) is 0 Å². The number of hydrogen-bond acceptors (Lipinski definition) is 7. The van der Waals surface area contributed by atoms with Gasteiger partial charge in [-0.25, -0.2) is 8.42 Å². The molecule has 0 saturated carbocycles. The number of rotatable bonds is 7. The van der Waals surface area contributed by atoms with Gasteiger partial charge >= 0.3 is 0 Å². The van der Waals surface area contributed by atoms with E-state index >= 15 is 0 Å². The number of carbonyl (C=O) groups is 1. The molecule has 0 unspecified atom stereocenters. The zero-order chi connectivity index (χ0) is 21.8. The predicted molar refractivity (Wildman–Crippen MR) is 123 cm³/mol. The molecular formula is C21H22N4O3S3. The fourth-order valence-corrected chi connectivity index (χ4v) is 6.53. The van der Waals surface area contributed by atoms with Crippen LogP contribution in [0.3, 0.4) is 0 Å². The van der Waals surface area contributed by atoms with Crippen LogP contribution in [-0.2, 0) is 15.8 Å². The Balaban J connectivity index is 1.46. The van der Waals surface area contributed by atoms with E-state index in [1.165, 1.54) is 27.3 Å². The van der Waals surface area contributed by atoms with E-state index in [1.54, 1.807) is 30.8 Å². The lowest BCUT2D eigenvalue weighted by molar-refractivity contribution is 0.102. The van der Waals surface area contributed by atoms with Crippen LogP contribution in [0.15, 0.2) is 57.8 Å². The van der Waals surface area contributed by atoms with E-state index in [2.05, 4.69) is 15.5 Å². The molecule has 2 aromatic carbocycles. The second-order valence-corrected chi connectivity index (χ2v) is 11.3. The molecule has 0 atom stereocenters. The van der Waals surface area contributed by atoms with Crippen LogP contribution in [0.25, 0.3) is 0 Å². The monoisotopic (exact) mass is 474 g/mol. The molecule has 0 radical (unpaired) electrons. The summed E-state index contributed by atoms with van der Waals surface area (Å²) in [5.74, 6) is 0.366. The van der Waals surface area contributed by atoms with E-state index in [-0.39, 0.29) is 4.90 Å². The van der Waals surface area contributed by atoms with Gasteiger partial charge in [-0.1, -0.05) is 59.5 Å². The quantitative estimate of drug-likeness (QED) is 0.408. The third-order valence-corrected chi connectivity index (χ3v) is 8.93. The van der Waals surface area contributed by atoms with E-state index in [9.17, 15) is 13.2 Å². The van der Waals surface area contributed by atoms with Gasteiger partial charge in [-0.3, -0.25) is 10.1 Å². The summed E-state index contributed by atoms with van der Waals surface area (Å²) >= 11 is 2.84. The van der Waals surface area contributed by atoms with Crippen LogP contribution in [0.1, 0.15) is 34.3 Å². The van der Waals surface area contributed by atoms with Gasteiger partial charge in [0.05, 0.1) is 4.90 Å². The van der Waals surface area contributed by atoms with Crippen molar-refractivity contribution in [3.8, 4) is 0 Å². The van der Waals surface area contributed by atoms with Crippen molar-refractivity contribution in [2.24, 2.45) is 0 Å². The smallest absolute Gasteiger partial charge is 0.257 e. The largest absolute Gasteiger partial charge is 0.296 e. The molecule has 162 valence electrons. The average molecular weight is 475 g/mol. The molecule has 3 aromatic rings. The molecule has 31 heavy (non-hydrogen) atoms. The number of thioether (sulfide) groups is 1. The SMILES string of the molecule is Cc1ccc(S(=O)(=O)N2CCCC2)cc1C(=O)Nc1nnc(SCc2ccccc2)s1. The zero-order valence-electron chi connectivity index (χ0n) is 16.9. The van der Waals surface area contributed by atoms with Crippen molar-refractivity contribution in [3.63, 3.8) is 0 Å². The van der Waals surface area contributed by atoms with Crippen molar-refractivity contribution in [3.05, 3.63) is 65.2 Å². The molecule has 1 fully saturated rings. The Morgan fingerprint density at radius 2 is 1.87 bits per heavy atom. The number of anilines is 1. The van der Waals surface area contributed by atoms with Gasteiger partial charge < -0.3 is 0 Å². The van der Waals surface area contributed by atoms with E-state index in [0.717, 1.165) is 22.9 Å². The second kappa shape index (κ2) is 9.47. The Kier molecular flexibility index (Phi) is 6.71. The highest BCUT2D eigenvalue weighted by Gasteiger charge is 2.28. The van der Waals surface area contributed by atoms with Gasteiger partial charge in [-0.15, -0.1) is 10.2 Å². The van der Waals surface area contributed by atoms with Crippen LogP contribution in [0, 0.1) is 6.92 Å². The van der Waals surface area contributed by atoms with Crippen molar-refractivity contribution in [1.82, 2.24) is 14.5 Å². The number of nitrogens with one attached hydrogen (secondary N) is 1. The van der Waals surface area contributed by atoms with Gasteiger partial charge in [0.25, 0.3) is 5.91 Å². The van der Waals surface area contributed by atoms with E-state index in [1.807, 2.05) is 30.3 Å². The Morgan fingerprint density at radius 3 is 2.61 bits per heavy atom. The first-order valence-corrected chi connectivity index (χ1v) is 13.1. The number of hydrogen-bond donors (Lipinski definition) is 1. The summed E-state index contributed by atoms with van der Waals surface area (Å²) in [4.78, 5) is 13.0. The molecule has 1 saturated heterocycles. The normalized spacial score (nSPS) is 14.6. The van der Waals surface area contributed by atoms with Crippen molar-refractivity contribution in [2.75, 3.05) is 18.4 Å². The third-order valence-electron chi connectivity index (χ3n) is 4.99. The second-order valence-electron chi connectivity index (χ2n) is 7.19. The van der Waals surface area contributed by atoms with Gasteiger partial charge in [0.15, 0.2) is 4.34 Å². The highest BCUT2D eigenvalue weighted by atomic mass is 32.2. The molecule has 1 N–H and O–H groups in total. The summed E-state index contributed by atoms with van der Waals surface area (Å²) in [6, 6.07) is 14.7. The first-order valence-electron chi connectivity index (χ1n) is 9.86. The maximum atomic E-state index is 12.8. The lowest BCUT2D eigenvalue weighted by atomic mass is 10.1. The van der Waals surface area contributed by atoms with Crippen molar-refractivity contribution >= 4 is 44.2 Å². The maximum Gasteiger partial charge on any atom is 0.257 e. The Hall–Kier alpha value is -2.27. The molecule has 1 aromatic heterocycles. The summed E-state index contributed by atoms with van der Waals surface area (Å²) in [5.41, 5.74) is 2.19. The van der Waals surface area contributed by atoms with Crippen LogP contribution < -0.4 is 5.32 Å². The van der Waals surface area contributed by atoms with Gasteiger partial charge in [-0.05, 0) is 43.0 Å². The van der Waals surface area contributed by atoms with E-state index in [0.29, 0.717) is 29.3 Å². The molecule has 1 amide bonds. The van der Waals surface area contributed by atoms with E-state index < -0.39 is 15.9 Å². The van der Waals surface area contributed by atoms with Crippen LogP contribution in [0.5, 0.6) is 0 Å². The van der Waals surface area contributed by atoms with Crippen molar-refractivity contribution in [1.29, 1.82) is 0 Å². The minimum Gasteiger partial charge on any atom is -0.296 e. The zero-order valence-corrected chi connectivity index (χ0v) is 19.4. The van der Waals surface area contributed by atoms with Crippen molar-refractivity contribution in [2.45, 2.75) is 34.8 Å². The first kappa shape index (κ1) is 21.9. The Labute approximate surface area is 189 Å². The van der Waals surface area contributed by atoms with Gasteiger partial charge in [0, 0.05) is 24.4 Å².